The molecule has 1 aliphatic rings. The van der Waals surface area contributed by atoms with E-state index in [1.54, 1.807) is 6.20 Å². The lowest BCUT2D eigenvalue weighted by atomic mass is 9.92. The van der Waals surface area contributed by atoms with E-state index < -0.39 is 0 Å². The molecule has 1 aromatic carbocycles. The fourth-order valence-corrected chi connectivity index (χ4v) is 4.63. The highest BCUT2D eigenvalue weighted by molar-refractivity contribution is 6.30. The number of hydrogen-bond donors (Lipinski definition) is 0. The Bertz CT molecular complexity index is 1060. The number of amides is 1. The lowest BCUT2D eigenvalue weighted by molar-refractivity contribution is -0.132. The van der Waals surface area contributed by atoms with Gasteiger partial charge in [-0.05, 0) is 68.5 Å². The summed E-state index contributed by atoms with van der Waals surface area (Å²) < 4.78 is 2.03. The van der Waals surface area contributed by atoms with Crippen LogP contribution in [0.5, 0.6) is 0 Å². The molecular formula is C25H29ClN4O. The predicted molar refractivity (Wildman–Crippen MR) is 123 cm³/mol. The van der Waals surface area contributed by atoms with Gasteiger partial charge >= 0.3 is 0 Å². The van der Waals surface area contributed by atoms with E-state index in [1.165, 1.54) is 11.1 Å². The summed E-state index contributed by atoms with van der Waals surface area (Å²) >= 11 is 6.15. The number of piperidine rings is 1. The molecular weight excluding hydrogens is 408 g/mol. The molecule has 4 rings (SSSR count). The molecule has 1 unspecified atom stereocenters. The Balaban J connectivity index is 1.43. The van der Waals surface area contributed by atoms with E-state index in [0.717, 1.165) is 54.6 Å². The number of halogens is 1. The Morgan fingerprint density at radius 1 is 1.19 bits per heavy atom. The summed E-state index contributed by atoms with van der Waals surface area (Å²) in [6, 6.07) is 12.4. The SMILES string of the molecule is Cc1cc(Cc2cccc(Cl)c2)cc(C2CCCN(C(=O)CCn3ccnc3C)C2)n1. The molecule has 162 valence electrons. The first-order valence-corrected chi connectivity index (χ1v) is 11.3. The zero-order valence-electron chi connectivity index (χ0n) is 18.2. The largest absolute Gasteiger partial charge is 0.342 e. The number of hydrogen-bond acceptors (Lipinski definition) is 3. The topological polar surface area (TPSA) is 51.0 Å². The van der Waals surface area contributed by atoms with E-state index in [2.05, 4.69) is 23.2 Å². The summed E-state index contributed by atoms with van der Waals surface area (Å²) in [6.45, 7) is 6.27. The number of carbonyl (C=O) groups excluding carboxylic acids is 1. The molecule has 1 saturated heterocycles. The van der Waals surface area contributed by atoms with Crippen LogP contribution in [0, 0.1) is 13.8 Å². The minimum absolute atomic E-state index is 0.213. The van der Waals surface area contributed by atoms with Crippen LogP contribution in [0.1, 0.15) is 53.5 Å². The average molecular weight is 437 g/mol. The molecule has 0 spiro atoms. The van der Waals surface area contributed by atoms with Crippen LogP contribution in [-0.2, 0) is 17.8 Å². The molecule has 1 amide bonds. The molecule has 0 aliphatic carbocycles. The molecule has 5 nitrogen and oxygen atoms in total. The third-order valence-electron chi connectivity index (χ3n) is 6.01. The second-order valence-corrected chi connectivity index (χ2v) is 8.88. The highest BCUT2D eigenvalue weighted by atomic mass is 35.5. The maximum Gasteiger partial charge on any atom is 0.224 e. The predicted octanol–water partition coefficient (Wildman–Crippen LogP) is 4.94. The van der Waals surface area contributed by atoms with Gasteiger partial charge in [-0.25, -0.2) is 4.98 Å². The summed E-state index contributed by atoms with van der Waals surface area (Å²) in [7, 11) is 0. The van der Waals surface area contributed by atoms with E-state index >= 15 is 0 Å². The van der Waals surface area contributed by atoms with Gasteiger partial charge in [0.25, 0.3) is 0 Å². The zero-order chi connectivity index (χ0) is 21.8. The molecule has 31 heavy (non-hydrogen) atoms. The molecule has 3 aromatic rings. The quantitative estimate of drug-likeness (QED) is 0.550. The number of benzene rings is 1. The maximum atomic E-state index is 12.8. The number of rotatable bonds is 6. The number of aromatic nitrogens is 3. The fraction of sp³-hybridized carbons (Fsp3) is 0.400. The van der Waals surface area contributed by atoms with Gasteiger partial charge in [-0.1, -0.05) is 23.7 Å². The van der Waals surface area contributed by atoms with Crippen molar-refractivity contribution >= 4 is 17.5 Å². The standard InChI is InChI=1S/C25H29ClN4O/c1-18-13-21(14-20-5-3-7-23(26)15-20)16-24(28-18)22-6-4-10-30(17-22)25(31)8-11-29-12-9-27-19(29)2/h3,5,7,9,12-13,15-16,22H,4,6,8,10-11,14,17H2,1-2H3. The van der Waals surface area contributed by atoms with Gasteiger partial charge in [-0.15, -0.1) is 0 Å². The normalized spacial score (nSPS) is 16.5. The van der Waals surface area contributed by atoms with E-state index in [1.807, 2.05) is 47.7 Å². The van der Waals surface area contributed by atoms with E-state index in [4.69, 9.17) is 16.6 Å². The second kappa shape index (κ2) is 9.65. The molecule has 3 heterocycles. The first-order valence-electron chi connectivity index (χ1n) is 11.0. The first kappa shape index (κ1) is 21.6. The monoisotopic (exact) mass is 436 g/mol. The third kappa shape index (κ3) is 5.53. The highest BCUT2D eigenvalue weighted by Gasteiger charge is 2.26. The minimum Gasteiger partial charge on any atom is -0.342 e. The Morgan fingerprint density at radius 3 is 2.84 bits per heavy atom. The molecule has 1 atom stereocenters. The van der Waals surface area contributed by atoms with Crippen molar-refractivity contribution in [3.05, 3.63) is 82.2 Å². The third-order valence-corrected chi connectivity index (χ3v) is 6.25. The summed E-state index contributed by atoms with van der Waals surface area (Å²) in [4.78, 5) is 23.9. The van der Waals surface area contributed by atoms with Gasteiger partial charge in [0.2, 0.25) is 5.91 Å². The van der Waals surface area contributed by atoms with Crippen LogP contribution in [0.3, 0.4) is 0 Å². The molecule has 0 bridgehead atoms. The summed E-state index contributed by atoms with van der Waals surface area (Å²) in [5, 5.41) is 0.760. The van der Waals surface area contributed by atoms with Gasteiger partial charge in [0.05, 0.1) is 0 Å². The van der Waals surface area contributed by atoms with Crippen LogP contribution in [0.15, 0.2) is 48.8 Å². The number of likely N-dealkylation sites (tertiary alicyclic amines) is 1. The Kier molecular flexibility index (Phi) is 6.71. The van der Waals surface area contributed by atoms with E-state index in [-0.39, 0.29) is 11.8 Å². The number of nitrogens with zero attached hydrogens (tertiary/aromatic N) is 4. The van der Waals surface area contributed by atoms with Gasteiger partial charge in [0, 0.05) is 60.8 Å². The number of imidazole rings is 1. The molecule has 0 N–H and O–H groups in total. The highest BCUT2D eigenvalue weighted by Crippen LogP contribution is 2.28. The summed E-state index contributed by atoms with van der Waals surface area (Å²) in [5.41, 5.74) is 4.55. The van der Waals surface area contributed by atoms with Crippen molar-refractivity contribution in [2.45, 2.75) is 52.0 Å². The Labute approximate surface area is 189 Å². The van der Waals surface area contributed by atoms with Crippen molar-refractivity contribution in [3.63, 3.8) is 0 Å². The first-order chi connectivity index (χ1) is 15.0. The van der Waals surface area contributed by atoms with Gasteiger partial charge in [0.1, 0.15) is 5.82 Å². The number of pyridine rings is 1. The number of aryl methyl sites for hydroxylation is 3. The van der Waals surface area contributed by atoms with Crippen LogP contribution >= 0.6 is 11.6 Å². The van der Waals surface area contributed by atoms with E-state index in [9.17, 15) is 4.79 Å². The Hall–Kier alpha value is -2.66. The lowest BCUT2D eigenvalue weighted by Gasteiger charge is -2.33. The van der Waals surface area contributed by atoms with Gasteiger partial charge < -0.3 is 9.47 Å². The van der Waals surface area contributed by atoms with Gasteiger partial charge in [-0.2, -0.15) is 0 Å². The van der Waals surface area contributed by atoms with E-state index in [0.29, 0.717) is 13.0 Å². The number of carbonyl (C=O) groups is 1. The fourth-order valence-electron chi connectivity index (χ4n) is 4.42. The molecule has 0 radical (unpaired) electrons. The summed E-state index contributed by atoms with van der Waals surface area (Å²) in [5.74, 6) is 1.44. The van der Waals surface area contributed by atoms with Crippen LogP contribution in [0.4, 0.5) is 0 Å². The van der Waals surface area contributed by atoms with Gasteiger partial charge in [-0.3, -0.25) is 9.78 Å². The zero-order valence-corrected chi connectivity index (χ0v) is 19.0. The van der Waals surface area contributed by atoms with Crippen molar-refractivity contribution in [2.24, 2.45) is 0 Å². The van der Waals surface area contributed by atoms with Crippen LogP contribution in [-0.4, -0.2) is 38.4 Å². The van der Waals surface area contributed by atoms with Crippen LogP contribution in [0.2, 0.25) is 5.02 Å². The smallest absolute Gasteiger partial charge is 0.224 e. The average Bonchev–Trinajstić information content (AvgIpc) is 3.16. The van der Waals surface area contributed by atoms with Crippen LogP contribution < -0.4 is 0 Å². The molecule has 1 fully saturated rings. The van der Waals surface area contributed by atoms with Crippen LogP contribution in [0.25, 0.3) is 0 Å². The molecule has 0 saturated carbocycles. The molecule has 1 aliphatic heterocycles. The van der Waals surface area contributed by atoms with Crippen molar-refractivity contribution in [2.75, 3.05) is 13.1 Å². The lowest BCUT2D eigenvalue weighted by Crippen LogP contribution is -2.39. The maximum absolute atomic E-state index is 12.8. The summed E-state index contributed by atoms with van der Waals surface area (Å²) in [6.07, 6.45) is 7.12. The molecule has 6 heteroatoms. The van der Waals surface area contributed by atoms with Crippen molar-refractivity contribution in [1.29, 1.82) is 0 Å². The minimum atomic E-state index is 0.213. The van der Waals surface area contributed by atoms with Crippen molar-refractivity contribution in [3.8, 4) is 0 Å². The van der Waals surface area contributed by atoms with Gasteiger partial charge in [0.15, 0.2) is 0 Å². The second-order valence-electron chi connectivity index (χ2n) is 8.45. The Morgan fingerprint density at radius 2 is 2.06 bits per heavy atom. The van der Waals surface area contributed by atoms with Crippen molar-refractivity contribution in [1.82, 2.24) is 19.4 Å². The molecule has 2 aromatic heterocycles. The van der Waals surface area contributed by atoms with Crippen molar-refractivity contribution < 1.29 is 4.79 Å².